The number of thiazole rings is 1. The van der Waals surface area contributed by atoms with E-state index in [1.165, 1.54) is 6.92 Å². The van der Waals surface area contributed by atoms with Gasteiger partial charge in [0.15, 0.2) is 0 Å². The average Bonchev–Trinajstić information content (AvgIpc) is 2.78. The standard InChI is InChI=1S/C15H16N2O4S/c1-10-9-22-15(20)17(10)6-7-21-14(19)12-4-3-5-13(8-12)16-11(2)18/h3-5,8-9H,6-7H2,1-2H3,(H,16,18). The lowest BCUT2D eigenvalue weighted by molar-refractivity contribution is -0.114. The number of carbonyl (C=O) groups excluding carboxylic acids is 2. The Hall–Kier alpha value is -2.41. The molecule has 0 bridgehead atoms. The zero-order chi connectivity index (χ0) is 16.1. The molecular weight excluding hydrogens is 304 g/mol. The third-order valence-electron chi connectivity index (χ3n) is 2.94. The van der Waals surface area contributed by atoms with Crippen molar-refractivity contribution in [1.82, 2.24) is 4.57 Å². The highest BCUT2D eigenvalue weighted by molar-refractivity contribution is 7.07. The number of benzene rings is 1. The zero-order valence-electron chi connectivity index (χ0n) is 12.3. The summed E-state index contributed by atoms with van der Waals surface area (Å²) in [6, 6.07) is 6.50. The molecule has 7 heteroatoms. The van der Waals surface area contributed by atoms with E-state index >= 15 is 0 Å². The van der Waals surface area contributed by atoms with Crippen molar-refractivity contribution in [3.63, 3.8) is 0 Å². The van der Waals surface area contributed by atoms with Crippen LogP contribution >= 0.6 is 11.3 Å². The second-order valence-electron chi connectivity index (χ2n) is 4.69. The third kappa shape index (κ3) is 4.05. The molecule has 0 aliphatic rings. The fourth-order valence-electron chi connectivity index (χ4n) is 1.91. The Morgan fingerprint density at radius 3 is 2.77 bits per heavy atom. The monoisotopic (exact) mass is 320 g/mol. The van der Waals surface area contributed by atoms with Gasteiger partial charge in [0.2, 0.25) is 5.91 Å². The summed E-state index contributed by atoms with van der Waals surface area (Å²) >= 11 is 1.12. The van der Waals surface area contributed by atoms with Crippen LogP contribution in [-0.4, -0.2) is 23.1 Å². The first kappa shape index (κ1) is 16.0. The molecule has 22 heavy (non-hydrogen) atoms. The molecule has 0 aliphatic carbocycles. The summed E-state index contributed by atoms with van der Waals surface area (Å²) in [6.45, 7) is 3.66. The van der Waals surface area contributed by atoms with Crippen molar-refractivity contribution in [2.45, 2.75) is 20.4 Å². The highest BCUT2D eigenvalue weighted by Crippen LogP contribution is 2.11. The van der Waals surface area contributed by atoms with Crippen molar-refractivity contribution in [2.24, 2.45) is 0 Å². The van der Waals surface area contributed by atoms with Crippen molar-refractivity contribution in [3.8, 4) is 0 Å². The number of anilines is 1. The molecular formula is C15H16N2O4S. The lowest BCUT2D eigenvalue weighted by Crippen LogP contribution is -2.19. The molecule has 6 nitrogen and oxygen atoms in total. The van der Waals surface area contributed by atoms with Gasteiger partial charge in [0.25, 0.3) is 0 Å². The van der Waals surface area contributed by atoms with Crippen molar-refractivity contribution in [3.05, 3.63) is 50.6 Å². The Kier molecular flexibility index (Phi) is 5.11. The van der Waals surface area contributed by atoms with Crippen molar-refractivity contribution < 1.29 is 14.3 Å². The van der Waals surface area contributed by atoms with Gasteiger partial charge in [0, 0.05) is 23.7 Å². The number of nitrogens with one attached hydrogen (secondary N) is 1. The quantitative estimate of drug-likeness (QED) is 0.855. The van der Waals surface area contributed by atoms with Gasteiger partial charge in [0.05, 0.1) is 12.1 Å². The molecule has 116 valence electrons. The number of ether oxygens (including phenoxy) is 1. The number of aromatic nitrogens is 1. The second kappa shape index (κ2) is 7.04. The van der Waals surface area contributed by atoms with Crippen LogP contribution < -0.4 is 10.2 Å². The Balaban J connectivity index is 1.95. The number of rotatable bonds is 5. The molecule has 0 unspecified atom stereocenters. The molecule has 0 atom stereocenters. The molecule has 0 spiro atoms. The van der Waals surface area contributed by atoms with Gasteiger partial charge < -0.3 is 10.1 Å². The van der Waals surface area contributed by atoms with Crippen LogP contribution in [0.2, 0.25) is 0 Å². The lowest BCUT2D eigenvalue weighted by Gasteiger charge is -2.08. The molecule has 0 radical (unpaired) electrons. The normalized spacial score (nSPS) is 10.3. The van der Waals surface area contributed by atoms with Gasteiger partial charge in [-0.2, -0.15) is 0 Å². The van der Waals surface area contributed by atoms with Crippen LogP contribution in [0.25, 0.3) is 0 Å². The molecule has 1 amide bonds. The van der Waals surface area contributed by atoms with Gasteiger partial charge in [-0.15, -0.1) is 0 Å². The third-order valence-corrected chi connectivity index (χ3v) is 3.82. The van der Waals surface area contributed by atoms with Crippen LogP contribution in [0.4, 0.5) is 5.69 Å². The molecule has 1 N–H and O–H groups in total. The smallest absolute Gasteiger partial charge is 0.338 e. The van der Waals surface area contributed by atoms with Crippen LogP contribution in [0.1, 0.15) is 23.0 Å². The average molecular weight is 320 g/mol. The number of carbonyl (C=O) groups is 2. The number of hydrogen-bond donors (Lipinski definition) is 1. The summed E-state index contributed by atoms with van der Waals surface area (Å²) in [6.07, 6.45) is 0. The second-order valence-corrected chi connectivity index (χ2v) is 5.51. The molecule has 0 aliphatic heterocycles. The predicted molar refractivity (Wildman–Crippen MR) is 84.3 cm³/mol. The van der Waals surface area contributed by atoms with Gasteiger partial charge >= 0.3 is 10.8 Å². The number of amides is 1. The Morgan fingerprint density at radius 1 is 1.36 bits per heavy atom. The molecule has 0 saturated carbocycles. The van der Waals surface area contributed by atoms with E-state index in [1.807, 2.05) is 6.92 Å². The molecule has 0 fully saturated rings. The Bertz CT molecular complexity index is 748. The summed E-state index contributed by atoms with van der Waals surface area (Å²) in [5.41, 5.74) is 1.73. The number of aryl methyl sites for hydroxylation is 1. The summed E-state index contributed by atoms with van der Waals surface area (Å²) in [7, 11) is 0. The maximum absolute atomic E-state index is 12.0. The maximum Gasteiger partial charge on any atom is 0.338 e. The fourth-order valence-corrected chi connectivity index (χ4v) is 2.68. The molecule has 2 rings (SSSR count). The maximum atomic E-state index is 12.0. The van der Waals surface area contributed by atoms with Gasteiger partial charge in [-0.1, -0.05) is 17.4 Å². The summed E-state index contributed by atoms with van der Waals surface area (Å²) < 4.78 is 6.73. The fraction of sp³-hybridized carbons (Fsp3) is 0.267. The van der Waals surface area contributed by atoms with E-state index < -0.39 is 5.97 Å². The van der Waals surface area contributed by atoms with E-state index in [9.17, 15) is 14.4 Å². The van der Waals surface area contributed by atoms with Gasteiger partial charge in [-0.25, -0.2) is 4.79 Å². The number of nitrogens with zero attached hydrogens (tertiary/aromatic N) is 1. The van der Waals surface area contributed by atoms with Crippen molar-refractivity contribution in [1.29, 1.82) is 0 Å². The first-order chi connectivity index (χ1) is 10.5. The molecule has 0 saturated heterocycles. The topological polar surface area (TPSA) is 77.4 Å². The summed E-state index contributed by atoms with van der Waals surface area (Å²) in [5, 5.41) is 4.37. The Labute approximate surface area is 131 Å². The van der Waals surface area contributed by atoms with Crippen LogP contribution in [0.3, 0.4) is 0 Å². The minimum atomic E-state index is -0.492. The lowest BCUT2D eigenvalue weighted by atomic mass is 10.2. The van der Waals surface area contributed by atoms with Crippen LogP contribution in [0.5, 0.6) is 0 Å². The first-order valence-electron chi connectivity index (χ1n) is 6.67. The van der Waals surface area contributed by atoms with E-state index in [2.05, 4.69) is 5.32 Å². The van der Waals surface area contributed by atoms with Crippen LogP contribution in [0, 0.1) is 6.92 Å². The van der Waals surface area contributed by atoms with E-state index in [4.69, 9.17) is 4.74 Å². The largest absolute Gasteiger partial charge is 0.460 e. The SMILES string of the molecule is CC(=O)Nc1cccc(C(=O)OCCn2c(C)csc2=O)c1. The zero-order valence-corrected chi connectivity index (χ0v) is 13.1. The van der Waals surface area contributed by atoms with Crippen LogP contribution in [0.15, 0.2) is 34.4 Å². The van der Waals surface area contributed by atoms with E-state index in [0.29, 0.717) is 17.8 Å². The summed E-state index contributed by atoms with van der Waals surface area (Å²) in [5.74, 6) is -0.703. The van der Waals surface area contributed by atoms with Crippen LogP contribution in [-0.2, 0) is 16.1 Å². The highest BCUT2D eigenvalue weighted by atomic mass is 32.1. The van der Waals surface area contributed by atoms with E-state index in [1.54, 1.807) is 34.2 Å². The van der Waals surface area contributed by atoms with Gasteiger partial charge in [-0.05, 0) is 25.1 Å². The number of esters is 1. The minimum Gasteiger partial charge on any atom is -0.460 e. The highest BCUT2D eigenvalue weighted by Gasteiger charge is 2.09. The molecule has 1 aromatic heterocycles. The number of hydrogen-bond acceptors (Lipinski definition) is 5. The van der Waals surface area contributed by atoms with Gasteiger partial charge in [0.1, 0.15) is 6.61 Å². The van der Waals surface area contributed by atoms with Crippen molar-refractivity contribution >= 4 is 28.9 Å². The molecule has 1 heterocycles. The first-order valence-corrected chi connectivity index (χ1v) is 7.55. The molecule has 1 aromatic carbocycles. The van der Waals surface area contributed by atoms with Gasteiger partial charge in [-0.3, -0.25) is 14.2 Å². The van der Waals surface area contributed by atoms with E-state index in [0.717, 1.165) is 17.0 Å². The Morgan fingerprint density at radius 2 is 2.14 bits per heavy atom. The predicted octanol–water partition coefficient (Wildman–Crippen LogP) is 2.03. The minimum absolute atomic E-state index is 0.0683. The molecule has 2 aromatic rings. The van der Waals surface area contributed by atoms with E-state index in [-0.39, 0.29) is 17.4 Å². The summed E-state index contributed by atoms with van der Waals surface area (Å²) in [4.78, 5) is 34.4. The van der Waals surface area contributed by atoms with Crippen molar-refractivity contribution in [2.75, 3.05) is 11.9 Å².